The van der Waals surface area contributed by atoms with Crippen LogP contribution in [0.5, 0.6) is 17.2 Å². The number of methoxy groups -OCH3 is 1. The Hall–Kier alpha value is -3.36. The second-order valence-corrected chi connectivity index (χ2v) is 9.01. The topological polar surface area (TPSA) is 77.1 Å². The van der Waals surface area contributed by atoms with Gasteiger partial charge in [-0.1, -0.05) is 18.2 Å². The summed E-state index contributed by atoms with van der Waals surface area (Å²) in [5, 5.41) is 2.91. The van der Waals surface area contributed by atoms with E-state index in [4.69, 9.17) is 9.47 Å². The number of para-hydroxylation sites is 1. The number of halogens is 2. The molecule has 35 heavy (non-hydrogen) atoms. The van der Waals surface area contributed by atoms with Crippen LogP contribution in [0.25, 0.3) is 0 Å². The Kier molecular flexibility index (Phi) is 7.73. The van der Waals surface area contributed by atoms with Crippen LogP contribution in [0.15, 0.2) is 42.5 Å². The lowest BCUT2D eigenvalue weighted by atomic mass is 9.96. The van der Waals surface area contributed by atoms with Crippen molar-refractivity contribution in [3.63, 3.8) is 0 Å². The Morgan fingerprint density at radius 3 is 2.57 bits per heavy atom. The van der Waals surface area contributed by atoms with E-state index in [9.17, 15) is 18.4 Å². The number of carbonyl (C=O) groups is 2. The molecular formula is C26H30F2N2O5. The molecule has 2 atom stereocenters. The van der Waals surface area contributed by atoms with Crippen LogP contribution in [0.1, 0.15) is 48.0 Å². The third kappa shape index (κ3) is 6.21. The summed E-state index contributed by atoms with van der Waals surface area (Å²) in [4.78, 5) is 26.8. The summed E-state index contributed by atoms with van der Waals surface area (Å²) in [7, 11) is 1.51. The number of hydrogen-bond donors (Lipinski definition) is 1. The highest BCUT2D eigenvalue weighted by atomic mass is 19.3. The number of amides is 2. The fourth-order valence-corrected chi connectivity index (χ4v) is 4.45. The van der Waals surface area contributed by atoms with Gasteiger partial charge in [0.05, 0.1) is 19.3 Å². The maximum Gasteiger partial charge on any atom is 0.387 e. The first-order chi connectivity index (χ1) is 16.9. The van der Waals surface area contributed by atoms with Gasteiger partial charge in [-0.2, -0.15) is 8.78 Å². The highest BCUT2D eigenvalue weighted by Gasteiger charge is 2.35. The van der Waals surface area contributed by atoms with E-state index < -0.39 is 6.61 Å². The molecule has 0 radical (unpaired) electrons. The predicted molar refractivity (Wildman–Crippen MR) is 125 cm³/mol. The van der Waals surface area contributed by atoms with Gasteiger partial charge < -0.3 is 24.4 Å². The second kappa shape index (κ2) is 10.9. The van der Waals surface area contributed by atoms with Crippen LogP contribution < -0.4 is 19.5 Å². The van der Waals surface area contributed by atoms with E-state index in [0.717, 1.165) is 18.4 Å². The average molecular weight is 489 g/mol. The zero-order valence-corrected chi connectivity index (χ0v) is 19.8. The van der Waals surface area contributed by atoms with Crippen molar-refractivity contribution in [3.8, 4) is 17.2 Å². The van der Waals surface area contributed by atoms with E-state index in [1.54, 1.807) is 41.3 Å². The van der Waals surface area contributed by atoms with E-state index in [0.29, 0.717) is 36.8 Å². The van der Waals surface area contributed by atoms with E-state index in [2.05, 4.69) is 10.1 Å². The monoisotopic (exact) mass is 488 g/mol. The van der Waals surface area contributed by atoms with Crippen LogP contribution in [0, 0.1) is 5.92 Å². The lowest BCUT2D eigenvalue weighted by Crippen LogP contribution is -2.42. The number of rotatable bonds is 10. The largest absolute Gasteiger partial charge is 0.496 e. The number of nitrogens with one attached hydrogen (secondary N) is 1. The fourth-order valence-electron chi connectivity index (χ4n) is 4.45. The van der Waals surface area contributed by atoms with Crippen LogP contribution in [0.3, 0.4) is 0 Å². The number of alkyl halides is 2. The number of nitrogens with zero attached hydrogens (tertiary/aromatic N) is 1. The van der Waals surface area contributed by atoms with Gasteiger partial charge in [0.1, 0.15) is 5.75 Å². The quantitative estimate of drug-likeness (QED) is 0.542. The van der Waals surface area contributed by atoms with Gasteiger partial charge in [0.25, 0.3) is 5.91 Å². The van der Waals surface area contributed by atoms with Crippen LogP contribution in [0.2, 0.25) is 0 Å². The Balaban J connectivity index is 1.46. The van der Waals surface area contributed by atoms with Crippen molar-refractivity contribution in [2.24, 2.45) is 5.92 Å². The SMILES string of the molecule is COc1ccccc1C(=O)NC[C@H]1CC(c2ccc(OC(F)F)c(OCC3CC3)c2)CN1C(C)=O. The van der Waals surface area contributed by atoms with Gasteiger partial charge in [0.2, 0.25) is 5.91 Å². The molecule has 7 nitrogen and oxygen atoms in total. The summed E-state index contributed by atoms with van der Waals surface area (Å²) >= 11 is 0. The smallest absolute Gasteiger partial charge is 0.387 e. The standard InChI is InChI=1S/C26H30F2N2O5/c1-16(31)30-14-19(11-20(30)13-29-25(32)21-5-3-4-6-22(21)33-2)18-9-10-23(35-26(27)28)24(12-18)34-15-17-7-8-17/h3-6,9-10,12,17,19-20,26H,7-8,11,13-15H2,1-2H3,(H,29,32)/t19?,20-/m1/s1. The zero-order valence-electron chi connectivity index (χ0n) is 19.8. The van der Waals surface area contributed by atoms with Gasteiger partial charge in [0, 0.05) is 32.0 Å². The molecule has 1 unspecified atom stereocenters. The number of carbonyl (C=O) groups excluding carboxylic acids is 2. The molecule has 0 bridgehead atoms. The van der Waals surface area contributed by atoms with E-state index >= 15 is 0 Å². The molecule has 1 N–H and O–H groups in total. The Bertz CT molecular complexity index is 1060. The zero-order chi connectivity index (χ0) is 24.9. The van der Waals surface area contributed by atoms with Gasteiger partial charge in [-0.15, -0.1) is 0 Å². The van der Waals surface area contributed by atoms with Gasteiger partial charge in [-0.25, -0.2) is 0 Å². The van der Waals surface area contributed by atoms with E-state index in [1.165, 1.54) is 20.1 Å². The molecule has 2 aliphatic rings. The van der Waals surface area contributed by atoms with Gasteiger partial charge in [0.15, 0.2) is 11.5 Å². The van der Waals surface area contributed by atoms with E-state index in [-0.39, 0.29) is 41.8 Å². The molecule has 188 valence electrons. The summed E-state index contributed by atoms with van der Waals surface area (Å²) in [6.07, 6.45) is 2.76. The molecule has 1 aliphatic carbocycles. The van der Waals surface area contributed by atoms with Crippen molar-refractivity contribution in [1.82, 2.24) is 10.2 Å². The van der Waals surface area contributed by atoms with Crippen LogP contribution in [0.4, 0.5) is 8.78 Å². The Morgan fingerprint density at radius 1 is 1.11 bits per heavy atom. The van der Waals surface area contributed by atoms with Crippen LogP contribution in [-0.2, 0) is 4.79 Å². The molecular weight excluding hydrogens is 458 g/mol. The molecule has 0 spiro atoms. The van der Waals surface area contributed by atoms with E-state index in [1.807, 2.05) is 0 Å². The van der Waals surface area contributed by atoms with Gasteiger partial charge >= 0.3 is 6.61 Å². The fraction of sp³-hybridized carbons (Fsp3) is 0.462. The molecule has 2 fully saturated rings. The minimum absolute atomic E-state index is 0.00597. The van der Waals surface area contributed by atoms with Crippen molar-refractivity contribution in [2.75, 3.05) is 26.8 Å². The van der Waals surface area contributed by atoms with Crippen molar-refractivity contribution in [3.05, 3.63) is 53.6 Å². The normalized spacial score (nSPS) is 19.5. The van der Waals surface area contributed by atoms with Crippen LogP contribution in [-0.4, -0.2) is 56.2 Å². The van der Waals surface area contributed by atoms with Gasteiger partial charge in [-0.3, -0.25) is 9.59 Å². The molecule has 1 aliphatic heterocycles. The first-order valence-corrected chi connectivity index (χ1v) is 11.8. The minimum Gasteiger partial charge on any atom is -0.496 e. The lowest BCUT2D eigenvalue weighted by Gasteiger charge is -2.23. The average Bonchev–Trinajstić information content (AvgIpc) is 3.57. The number of ether oxygens (including phenoxy) is 3. The van der Waals surface area contributed by atoms with Gasteiger partial charge in [-0.05, 0) is 55.0 Å². The first kappa shape index (κ1) is 24.8. The summed E-state index contributed by atoms with van der Waals surface area (Å²) in [6, 6.07) is 11.7. The second-order valence-electron chi connectivity index (χ2n) is 9.01. The molecule has 1 saturated carbocycles. The maximum absolute atomic E-state index is 12.9. The minimum atomic E-state index is -2.94. The highest BCUT2D eigenvalue weighted by molar-refractivity contribution is 5.96. The number of benzene rings is 2. The molecule has 2 aromatic carbocycles. The third-order valence-corrected chi connectivity index (χ3v) is 6.50. The Labute approximate surface area is 203 Å². The lowest BCUT2D eigenvalue weighted by molar-refractivity contribution is -0.129. The summed E-state index contributed by atoms with van der Waals surface area (Å²) < 4.78 is 41.4. The van der Waals surface area contributed by atoms with Crippen molar-refractivity contribution in [1.29, 1.82) is 0 Å². The molecule has 4 rings (SSSR count). The summed E-state index contributed by atoms with van der Waals surface area (Å²) in [5.74, 6) is 0.821. The van der Waals surface area contributed by atoms with Crippen molar-refractivity contribution in [2.45, 2.75) is 44.8 Å². The highest BCUT2D eigenvalue weighted by Crippen LogP contribution is 2.38. The molecule has 2 aromatic rings. The molecule has 1 saturated heterocycles. The third-order valence-electron chi connectivity index (χ3n) is 6.50. The van der Waals surface area contributed by atoms with Crippen LogP contribution >= 0.6 is 0 Å². The molecule has 1 heterocycles. The predicted octanol–water partition coefficient (Wildman–Crippen LogP) is 4.22. The number of likely N-dealkylation sites (tertiary alicyclic amines) is 1. The Morgan fingerprint density at radius 2 is 1.89 bits per heavy atom. The molecule has 0 aromatic heterocycles. The summed E-state index contributed by atoms with van der Waals surface area (Å²) in [5.41, 5.74) is 1.30. The number of hydrogen-bond acceptors (Lipinski definition) is 5. The maximum atomic E-state index is 12.9. The van der Waals surface area contributed by atoms with Crippen molar-refractivity contribution >= 4 is 11.8 Å². The van der Waals surface area contributed by atoms with Crippen molar-refractivity contribution < 1.29 is 32.6 Å². The molecule has 2 amide bonds. The first-order valence-electron chi connectivity index (χ1n) is 11.8. The molecule has 9 heteroatoms. The summed E-state index contributed by atoms with van der Waals surface area (Å²) in [6.45, 7) is -0.238.